The van der Waals surface area contributed by atoms with Crippen molar-refractivity contribution >= 4 is 40.4 Å². The van der Waals surface area contributed by atoms with Crippen LogP contribution in [0.25, 0.3) is 0 Å². The van der Waals surface area contributed by atoms with Crippen molar-refractivity contribution in [2.75, 3.05) is 23.3 Å². The number of anilines is 3. The minimum Gasteiger partial charge on any atom is -0.367 e. The lowest BCUT2D eigenvalue weighted by atomic mass is 9.91. The molecule has 1 aromatic heterocycles. The van der Waals surface area contributed by atoms with E-state index in [0.29, 0.717) is 22.1 Å². The molecular weight excluding hydrogens is 319 g/mol. The van der Waals surface area contributed by atoms with Crippen molar-refractivity contribution in [1.82, 2.24) is 10.3 Å². The van der Waals surface area contributed by atoms with E-state index >= 15 is 0 Å². The van der Waals surface area contributed by atoms with E-state index in [4.69, 9.17) is 23.2 Å². The summed E-state index contributed by atoms with van der Waals surface area (Å²) in [5, 5.41) is 7.95. The number of rotatable bonds is 3. The number of benzene rings is 1. The van der Waals surface area contributed by atoms with E-state index in [1.807, 2.05) is 18.3 Å². The zero-order valence-corrected chi connectivity index (χ0v) is 13.4. The maximum atomic E-state index is 6.16. The molecule has 2 atom stereocenters. The summed E-state index contributed by atoms with van der Waals surface area (Å²) in [7, 11) is 0. The van der Waals surface area contributed by atoms with Crippen LogP contribution in [-0.2, 0) is 0 Å². The molecule has 0 amide bonds. The van der Waals surface area contributed by atoms with Gasteiger partial charge in [0.15, 0.2) is 0 Å². The molecular formula is C16H16Cl2N4. The topological polar surface area (TPSA) is 40.2 Å². The second kappa shape index (κ2) is 5.61. The van der Waals surface area contributed by atoms with Crippen LogP contribution in [0.1, 0.15) is 6.42 Å². The number of halogens is 2. The molecule has 2 aromatic rings. The molecule has 0 aliphatic carbocycles. The number of aromatic nitrogens is 1. The Balaban J connectivity index is 1.47. The van der Waals surface area contributed by atoms with E-state index in [-0.39, 0.29) is 0 Å². The molecule has 0 radical (unpaired) electrons. The van der Waals surface area contributed by atoms with Crippen molar-refractivity contribution in [2.24, 2.45) is 0 Å². The number of piperidine rings is 1. The minimum absolute atomic E-state index is 0.584. The molecule has 22 heavy (non-hydrogen) atoms. The van der Waals surface area contributed by atoms with Crippen molar-refractivity contribution in [3.63, 3.8) is 0 Å². The Kier molecular flexibility index (Phi) is 3.60. The monoisotopic (exact) mass is 334 g/mol. The maximum Gasteiger partial charge on any atom is 0.130 e. The molecule has 3 aliphatic rings. The van der Waals surface area contributed by atoms with E-state index in [0.717, 1.165) is 24.6 Å². The number of fused-ring (bicyclic) bond motifs is 2. The predicted molar refractivity (Wildman–Crippen MR) is 91.5 cm³/mol. The van der Waals surface area contributed by atoms with Gasteiger partial charge in [0.05, 0.1) is 22.6 Å². The van der Waals surface area contributed by atoms with Gasteiger partial charge in [-0.15, -0.1) is 0 Å². The molecule has 2 unspecified atom stereocenters. The molecule has 2 N–H and O–H groups in total. The zero-order chi connectivity index (χ0) is 15.1. The van der Waals surface area contributed by atoms with Crippen LogP contribution in [0.3, 0.4) is 0 Å². The molecule has 0 saturated carbocycles. The van der Waals surface area contributed by atoms with E-state index in [9.17, 15) is 0 Å². The molecule has 2 bridgehead atoms. The van der Waals surface area contributed by atoms with Gasteiger partial charge in [-0.2, -0.15) is 0 Å². The van der Waals surface area contributed by atoms with Crippen LogP contribution in [-0.4, -0.2) is 30.2 Å². The molecule has 3 fully saturated rings. The highest BCUT2D eigenvalue weighted by Crippen LogP contribution is 2.29. The number of piperazine rings is 1. The van der Waals surface area contributed by atoms with Crippen LogP contribution >= 0.6 is 23.2 Å². The van der Waals surface area contributed by atoms with E-state index in [1.54, 1.807) is 12.1 Å². The summed E-state index contributed by atoms with van der Waals surface area (Å²) in [4.78, 5) is 6.88. The maximum absolute atomic E-state index is 6.16. The Bertz CT molecular complexity index is 673. The third-order valence-electron chi connectivity index (χ3n) is 4.23. The summed E-state index contributed by atoms with van der Waals surface area (Å²) in [6.45, 7) is 2.13. The molecule has 1 aromatic carbocycles. The third-order valence-corrected chi connectivity index (χ3v) is 4.78. The number of hydrogen-bond donors (Lipinski definition) is 2. The Morgan fingerprint density at radius 1 is 1.14 bits per heavy atom. The Hall–Kier alpha value is -1.49. The zero-order valence-electron chi connectivity index (χ0n) is 11.9. The highest BCUT2D eigenvalue weighted by Gasteiger charge is 2.36. The van der Waals surface area contributed by atoms with Gasteiger partial charge in [0.2, 0.25) is 0 Å². The molecule has 6 heteroatoms. The molecule has 3 aliphatic heterocycles. The lowest BCUT2D eigenvalue weighted by Gasteiger charge is -2.49. The van der Waals surface area contributed by atoms with Crippen LogP contribution in [0.2, 0.25) is 10.0 Å². The van der Waals surface area contributed by atoms with E-state index in [1.165, 1.54) is 12.1 Å². The fourth-order valence-electron chi connectivity index (χ4n) is 3.10. The van der Waals surface area contributed by atoms with Gasteiger partial charge in [0.25, 0.3) is 0 Å². The van der Waals surface area contributed by atoms with Crippen LogP contribution in [0, 0.1) is 0 Å². The van der Waals surface area contributed by atoms with Gasteiger partial charge >= 0.3 is 0 Å². The third kappa shape index (κ3) is 2.74. The second-order valence-electron chi connectivity index (χ2n) is 5.85. The highest BCUT2D eigenvalue weighted by atomic mass is 35.5. The van der Waals surface area contributed by atoms with Crippen LogP contribution in [0.15, 0.2) is 36.5 Å². The van der Waals surface area contributed by atoms with Crippen molar-refractivity contribution in [3.05, 3.63) is 46.6 Å². The fourth-order valence-corrected chi connectivity index (χ4v) is 3.56. The fraction of sp³-hybridized carbons (Fsp3) is 0.312. The van der Waals surface area contributed by atoms with Gasteiger partial charge in [-0.3, -0.25) is 0 Å². The van der Waals surface area contributed by atoms with E-state index < -0.39 is 0 Å². The Labute approximate surface area is 139 Å². The van der Waals surface area contributed by atoms with Crippen LogP contribution < -0.4 is 15.5 Å². The van der Waals surface area contributed by atoms with Crippen molar-refractivity contribution < 1.29 is 0 Å². The van der Waals surface area contributed by atoms with Gasteiger partial charge < -0.3 is 15.5 Å². The van der Waals surface area contributed by atoms with Gasteiger partial charge in [-0.1, -0.05) is 23.2 Å². The first-order chi connectivity index (χ1) is 10.7. The lowest BCUT2D eigenvalue weighted by Crippen LogP contribution is -2.67. The summed E-state index contributed by atoms with van der Waals surface area (Å²) in [6.07, 6.45) is 3.22. The van der Waals surface area contributed by atoms with Gasteiger partial charge in [0.1, 0.15) is 5.82 Å². The predicted octanol–water partition coefficient (Wildman–Crippen LogP) is 3.68. The molecule has 5 rings (SSSR count). The standard InChI is InChI=1S/C16H16Cl2N4/c17-10-1-3-15(14(18)5-10)21-16-4-2-13(7-19-16)22-8-11-6-12(9-22)20-11/h1-5,7,11-12,20H,6,8-9H2,(H,19,21). The van der Waals surface area contributed by atoms with Crippen molar-refractivity contribution in [1.29, 1.82) is 0 Å². The molecule has 114 valence electrons. The van der Waals surface area contributed by atoms with Crippen LogP contribution in [0.4, 0.5) is 17.2 Å². The summed E-state index contributed by atoms with van der Waals surface area (Å²) in [5.41, 5.74) is 1.97. The minimum atomic E-state index is 0.584. The Morgan fingerprint density at radius 2 is 1.91 bits per heavy atom. The largest absolute Gasteiger partial charge is 0.367 e. The summed E-state index contributed by atoms with van der Waals surface area (Å²) in [6, 6.07) is 10.7. The molecule has 4 nitrogen and oxygen atoms in total. The molecule has 0 spiro atoms. The van der Waals surface area contributed by atoms with Crippen LogP contribution in [0.5, 0.6) is 0 Å². The van der Waals surface area contributed by atoms with Crippen molar-refractivity contribution in [3.8, 4) is 0 Å². The average molecular weight is 335 g/mol. The van der Waals surface area contributed by atoms with Gasteiger partial charge in [0, 0.05) is 30.2 Å². The summed E-state index contributed by atoms with van der Waals surface area (Å²) < 4.78 is 0. The summed E-state index contributed by atoms with van der Waals surface area (Å²) in [5.74, 6) is 0.772. The highest BCUT2D eigenvalue weighted by molar-refractivity contribution is 6.36. The van der Waals surface area contributed by atoms with Gasteiger partial charge in [-0.25, -0.2) is 4.98 Å². The van der Waals surface area contributed by atoms with Crippen molar-refractivity contribution in [2.45, 2.75) is 18.5 Å². The molecule has 3 saturated heterocycles. The summed E-state index contributed by atoms with van der Waals surface area (Å²) >= 11 is 12.1. The normalized spacial score (nSPS) is 23.1. The SMILES string of the molecule is Clc1ccc(Nc2ccc(N3CC4CC(C3)N4)cn2)c(Cl)c1. The second-order valence-corrected chi connectivity index (χ2v) is 6.70. The number of nitrogens with one attached hydrogen (secondary N) is 2. The van der Waals surface area contributed by atoms with Gasteiger partial charge in [-0.05, 0) is 36.8 Å². The first-order valence-corrected chi connectivity index (χ1v) is 8.12. The average Bonchev–Trinajstić information content (AvgIpc) is 2.50. The first kappa shape index (κ1) is 14.1. The Morgan fingerprint density at radius 3 is 2.55 bits per heavy atom. The number of nitrogens with zero attached hydrogens (tertiary/aromatic N) is 2. The number of hydrogen-bond acceptors (Lipinski definition) is 4. The lowest BCUT2D eigenvalue weighted by molar-refractivity contribution is 0.226. The quantitative estimate of drug-likeness (QED) is 0.898. The smallest absolute Gasteiger partial charge is 0.130 e. The first-order valence-electron chi connectivity index (χ1n) is 7.36. The number of pyridine rings is 1. The molecule has 4 heterocycles. The van der Waals surface area contributed by atoms with E-state index in [2.05, 4.69) is 26.6 Å².